The molecule has 0 aliphatic carbocycles. The molecule has 27 heteroatoms. The minimum Gasteiger partial charge on any atom is -0.396 e. The maximum atomic E-state index is 9.97. The second-order valence-electron chi connectivity index (χ2n) is 18.7. The van der Waals surface area contributed by atoms with Crippen molar-refractivity contribution >= 4 is 0 Å². The van der Waals surface area contributed by atoms with Crippen molar-refractivity contribution in [1.29, 1.82) is 0 Å². The van der Waals surface area contributed by atoms with Gasteiger partial charge in [0.15, 0.2) is 12.6 Å². The van der Waals surface area contributed by atoms with Gasteiger partial charge in [-0.25, -0.2) is 0 Å². The van der Waals surface area contributed by atoms with Gasteiger partial charge in [-0.1, -0.05) is 0 Å². The van der Waals surface area contributed by atoms with Gasteiger partial charge < -0.3 is 132 Å². The molecule has 0 aromatic heterocycles. The molecule has 3 rings (SSSR count). The molecule has 3 saturated heterocycles. The molecule has 11 N–H and O–H groups in total. The Morgan fingerprint density at radius 1 is 0.282 bits per heavy atom. The van der Waals surface area contributed by atoms with E-state index < -0.39 is 85.5 Å². The van der Waals surface area contributed by atoms with Gasteiger partial charge in [0.2, 0.25) is 5.79 Å². The lowest BCUT2D eigenvalue weighted by atomic mass is 9.96. The van der Waals surface area contributed by atoms with Gasteiger partial charge in [-0.3, -0.25) is 0 Å². The standard InChI is InChI=1S/C51H98O27/c52-12-1-23-63-34-38-41(66-26-4-15-55)44(69-29-7-18-58)46(71-31-9-20-60)49(75-38)74-36-39-42(67-27-5-16-56)45(70-30-8-19-59)47(72-32-10-21-61)50(76-39)78-51(37-65-25-3-14-54)48(73-33-11-22-62)43(68-28-6-17-57)40(77-51)35-64-24-2-13-53/h38-50,52-62H,1-37H2/t38-,39-,40-,41+,42-,43-,44+,45+,46-,47-,48+,49+,50-,51+/m1/s1. The molecule has 3 aliphatic rings. The van der Waals surface area contributed by atoms with Gasteiger partial charge in [0.25, 0.3) is 0 Å². The van der Waals surface area contributed by atoms with Gasteiger partial charge >= 0.3 is 0 Å². The summed E-state index contributed by atoms with van der Waals surface area (Å²) in [6.45, 7) is -2.32. The Labute approximate surface area is 459 Å². The lowest BCUT2D eigenvalue weighted by Gasteiger charge is -2.49. The van der Waals surface area contributed by atoms with Crippen LogP contribution in [0.4, 0.5) is 0 Å². The molecule has 0 spiro atoms. The van der Waals surface area contributed by atoms with Crippen molar-refractivity contribution in [2.45, 2.75) is 156 Å². The first kappa shape index (κ1) is 71.2. The van der Waals surface area contributed by atoms with E-state index in [1.807, 2.05) is 0 Å². The third kappa shape index (κ3) is 25.4. The first-order chi connectivity index (χ1) is 38.3. The normalized spacial score (nSPS) is 29.5. The number of aliphatic hydroxyl groups excluding tert-OH is 11. The Hall–Kier alpha value is -1.08. The van der Waals surface area contributed by atoms with Crippen LogP contribution in [0.15, 0.2) is 0 Å². The average molecular weight is 1140 g/mol. The number of ether oxygens (including phenoxy) is 16. The van der Waals surface area contributed by atoms with Crippen LogP contribution in [0.25, 0.3) is 0 Å². The SMILES string of the molecule is OCCCOC[C@H]1O[C@H](OC[C@H]2O[C@H](O[C@]3(COCCCO)O[C@H](COCCCO)[C@@H](OCCCO)[C@@H]3OCCCO)[C@H](OCCCO)[C@@H](OCCCO)[C@@H]2OCCCO)[C@H](OCCCO)[C@@H](OCCCO)[C@H]1OCCCO. The summed E-state index contributed by atoms with van der Waals surface area (Å²) in [5.41, 5.74) is 0. The van der Waals surface area contributed by atoms with Crippen molar-refractivity contribution < 1.29 is 132 Å². The summed E-state index contributed by atoms with van der Waals surface area (Å²) in [6.07, 6.45) is -11.4. The summed E-state index contributed by atoms with van der Waals surface area (Å²) in [6, 6.07) is 0. The summed E-state index contributed by atoms with van der Waals surface area (Å²) in [7, 11) is 0. The van der Waals surface area contributed by atoms with Crippen LogP contribution in [0, 0.1) is 0 Å². The Bertz CT molecular complexity index is 1370. The average Bonchev–Trinajstić information content (AvgIpc) is 3.96. The second-order valence-corrected chi connectivity index (χ2v) is 18.7. The molecule has 0 aromatic rings. The minimum absolute atomic E-state index is 0.000808. The molecule has 0 aromatic carbocycles. The quantitative estimate of drug-likeness (QED) is 0.0269. The maximum Gasteiger partial charge on any atom is 0.224 e. The molecule has 0 unspecified atom stereocenters. The Kier molecular flexibility index (Phi) is 41.4. The van der Waals surface area contributed by atoms with Crippen molar-refractivity contribution in [1.82, 2.24) is 0 Å². The molecule has 3 aliphatic heterocycles. The molecule has 78 heavy (non-hydrogen) atoms. The molecule has 3 fully saturated rings. The fourth-order valence-corrected chi connectivity index (χ4v) is 8.78. The van der Waals surface area contributed by atoms with Crippen molar-refractivity contribution in [3.05, 3.63) is 0 Å². The smallest absolute Gasteiger partial charge is 0.224 e. The highest BCUT2D eigenvalue weighted by atomic mass is 16.8. The molecular weight excluding hydrogens is 1040 g/mol. The third-order valence-corrected chi connectivity index (χ3v) is 12.5. The lowest BCUT2D eigenvalue weighted by molar-refractivity contribution is -0.400. The largest absolute Gasteiger partial charge is 0.396 e. The molecule has 0 saturated carbocycles. The zero-order valence-corrected chi connectivity index (χ0v) is 45.6. The number of hydrogen-bond donors (Lipinski definition) is 11. The van der Waals surface area contributed by atoms with Crippen LogP contribution in [0.1, 0.15) is 70.6 Å². The topological polar surface area (TPSA) is 370 Å². The molecule has 14 atom stereocenters. The number of rotatable bonds is 52. The predicted octanol–water partition coefficient (Wildman–Crippen LogP) is -3.10. The summed E-state index contributed by atoms with van der Waals surface area (Å²) in [5, 5.41) is 108. The predicted molar refractivity (Wildman–Crippen MR) is 271 cm³/mol. The van der Waals surface area contributed by atoms with Crippen LogP contribution < -0.4 is 0 Å². The van der Waals surface area contributed by atoms with Crippen LogP contribution in [-0.4, -0.2) is 313 Å². The van der Waals surface area contributed by atoms with Crippen molar-refractivity contribution in [3.63, 3.8) is 0 Å². The van der Waals surface area contributed by atoms with Gasteiger partial charge in [-0.05, 0) is 70.6 Å². The summed E-state index contributed by atoms with van der Waals surface area (Å²) < 4.78 is 104. The second kappa shape index (κ2) is 45.4. The lowest BCUT2D eigenvalue weighted by Crippen LogP contribution is -2.66. The number of aliphatic hydroxyl groups is 11. The fourth-order valence-electron chi connectivity index (χ4n) is 8.78. The summed E-state index contributed by atoms with van der Waals surface area (Å²) in [5.74, 6) is -1.96. The highest BCUT2D eigenvalue weighted by Gasteiger charge is 2.62. The summed E-state index contributed by atoms with van der Waals surface area (Å²) in [4.78, 5) is 0. The first-order valence-electron chi connectivity index (χ1n) is 28.0. The van der Waals surface area contributed by atoms with E-state index in [0.717, 1.165) is 0 Å². The van der Waals surface area contributed by atoms with Crippen LogP contribution in [0.2, 0.25) is 0 Å². The highest BCUT2D eigenvalue weighted by molar-refractivity contribution is 5.02. The molecule has 0 bridgehead atoms. The van der Waals surface area contributed by atoms with Crippen molar-refractivity contribution in [2.75, 3.05) is 172 Å². The monoisotopic (exact) mass is 1140 g/mol. The van der Waals surface area contributed by atoms with E-state index >= 15 is 0 Å². The van der Waals surface area contributed by atoms with Gasteiger partial charge in [0.05, 0.1) is 19.8 Å². The molecular formula is C51H98O27. The van der Waals surface area contributed by atoms with Crippen LogP contribution in [0.3, 0.4) is 0 Å². The van der Waals surface area contributed by atoms with Gasteiger partial charge in [0, 0.05) is 145 Å². The Morgan fingerprint density at radius 3 is 1.04 bits per heavy atom. The Balaban J connectivity index is 2.27. The zero-order valence-electron chi connectivity index (χ0n) is 45.6. The van der Waals surface area contributed by atoms with Crippen molar-refractivity contribution in [2.24, 2.45) is 0 Å². The molecule has 464 valence electrons. The van der Waals surface area contributed by atoms with Gasteiger partial charge in [-0.15, -0.1) is 0 Å². The van der Waals surface area contributed by atoms with Gasteiger partial charge in [0.1, 0.15) is 73.8 Å². The van der Waals surface area contributed by atoms with E-state index in [1.165, 1.54) is 0 Å². The van der Waals surface area contributed by atoms with E-state index in [0.29, 0.717) is 12.8 Å². The highest BCUT2D eigenvalue weighted by Crippen LogP contribution is 2.42. The molecule has 0 amide bonds. The Morgan fingerprint density at radius 2 is 0.603 bits per heavy atom. The van der Waals surface area contributed by atoms with Crippen LogP contribution in [0.5, 0.6) is 0 Å². The molecule has 27 nitrogen and oxygen atoms in total. The molecule has 3 heterocycles. The fraction of sp³-hybridized carbons (Fsp3) is 1.00. The van der Waals surface area contributed by atoms with E-state index in [4.69, 9.17) is 75.8 Å². The molecule has 0 radical (unpaired) electrons. The maximum absolute atomic E-state index is 9.97. The zero-order chi connectivity index (χ0) is 56.5. The van der Waals surface area contributed by atoms with E-state index in [9.17, 15) is 56.2 Å². The first-order valence-corrected chi connectivity index (χ1v) is 28.0. The third-order valence-electron chi connectivity index (χ3n) is 12.5. The van der Waals surface area contributed by atoms with Gasteiger partial charge in [-0.2, -0.15) is 0 Å². The summed E-state index contributed by atoms with van der Waals surface area (Å²) >= 11 is 0. The number of hydrogen-bond acceptors (Lipinski definition) is 27. The van der Waals surface area contributed by atoms with Crippen LogP contribution in [-0.2, 0) is 75.8 Å². The van der Waals surface area contributed by atoms with Crippen LogP contribution >= 0.6 is 0 Å². The van der Waals surface area contributed by atoms with Crippen molar-refractivity contribution in [3.8, 4) is 0 Å². The van der Waals surface area contributed by atoms with E-state index in [-0.39, 0.29) is 230 Å². The van der Waals surface area contributed by atoms with E-state index in [2.05, 4.69) is 0 Å². The minimum atomic E-state index is -1.96. The van der Waals surface area contributed by atoms with E-state index in [1.54, 1.807) is 0 Å².